The molecule has 0 aliphatic rings. The van der Waals surface area contributed by atoms with E-state index in [0.29, 0.717) is 0 Å². The van der Waals surface area contributed by atoms with Gasteiger partial charge in [0, 0.05) is 25.3 Å². The summed E-state index contributed by atoms with van der Waals surface area (Å²) >= 11 is 0. The van der Waals surface area contributed by atoms with Crippen LogP contribution in [0.4, 0.5) is 5.69 Å². The van der Waals surface area contributed by atoms with Crippen molar-refractivity contribution in [3.8, 4) is 5.75 Å². The minimum atomic E-state index is 0.910. The van der Waals surface area contributed by atoms with E-state index in [4.69, 9.17) is 4.74 Å². The Balaban J connectivity index is 2.86. The van der Waals surface area contributed by atoms with Crippen molar-refractivity contribution in [2.24, 2.45) is 0 Å². The van der Waals surface area contributed by atoms with Crippen molar-refractivity contribution in [2.75, 3.05) is 25.6 Å². The molecule has 0 unspecified atom stereocenters. The van der Waals surface area contributed by atoms with Crippen LogP contribution in [0.25, 0.3) is 0 Å². The predicted octanol–water partition coefficient (Wildman–Crippen LogP) is 2.15. The lowest BCUT2D eigenvalue weighted by Crippen LogP contribution is -2.15. The molecule has 0 radical (unpaired) electrons. The van der Waals surface area contributed by atoms with Gasteiger partial charge in [-0.3, -0.25) is 0 Å². The summed E-state index contributed by atoms with van der Waals surface area (Å²) in [6.07, 6.45) is 0. The Bertz CT molecular complexity index is 247. The van der Waals surface area contributed by atoms with Crippen LogP contribution in [0.1, 0.15) is 6.92 Å². The van der Waals surface area contributed by atoms with Crippen LogP contribution >= 0.6 is 0 Å². The standard InChI is InChI=1S/C10H15NO/c1-4-11(2)9-6-5-7-10(8-9)12-3/h5-8H,4H2,1-3H3. The molecule has 12 heavy (non-hydrogen) atoms. The summed E-state index contributed by atoms with van der Waals surface area (Å²) in [5, 5.41) is 0. The van der Waals surface area contributed by atoms with E-state index in [0.717, 1.165) is 12.3 Å². The lowest BCUT2D eigenvalue weighted by molar-refractivity contribution is 0.415. The highest BCUT2D eigenvalue weighted by molar-refractivity contribution is 5.49. The third-order valence-corrected chi connectivity index (χ3v) is 1.97. The molecule has 0 fully saturated rings. The molecular weight excluding hydrogens is 150 g/mol. The first kappa shape index (κ1) is 8.91. The molecule has 0 atom stereocenters. The van der Waals surface area contributed by atoms with Crippen molar-refractivity contribution in [3.63, 3.8) is 0 Å². The second kappa shape index (κ2) is 4.00. The first-order valence-corrected chi connectivity index (χ1v) is 4.13. The summed E-state index contributed by atoms with van der Waals surface area (Å²) in [7, 11) is 3.75. The quantitative estimate of drug-likeness (QED) is 0.680. The van der Waals surface area contributed by atoms with Gasteiger partial charge in [-0.25, -0.2) is 0 Å². The van der Waals surface area contributed by atoms with Crippen molar-refractivity contribution >= 4 is 5.69 Å². The molecule has 0 heterocycles. The van der Waals surface area contributed by atoms with E-state index in [1.807, 2.05) is 18.2 Å². The van der Waals surface area contributed by atoms with Crippen LogP contribution in [-0.4, -0.2) is 20.7 Å². The minimum Gasteiger partial charge on any atom is -0.497 e. The van der Waals surface area contributed by atoms with Gasteiger partial charge in [-0.05, 0) is 19.1 Å². The molecule has 66 valence electrons. The maximum atomic E-state index is 5.12. The maximum Gasteiger partial charge on any atom is 0.120 e. The Kier molecular flexibility index (Phi) is 2.97. The van der Waals surface area contributed by atoms with E-state index in [-0.39, 0.29) is 0 Å². The summed E-state index contributed by atoms with van der Waals surface area (Å²) in [5.41, 5.74) is 1.19. The molecule has 0 spiro atoms. The van der Waals surface area contributed by atoms with E-state index < -0.39 is 0 Å². The van der Waals surface area contributed by atoms with Crippen molar-refractivity contribution in [3.05, 3.63) is 24.3 Å². The molecule has 1 aromatic rings. The summed E-state index contributed by atoms with van der Waals surface area (Å²) in [4.78, 5) is 2.17. The zero-order valence-electron chi connectivity index (χ0n) is 7.87. The minimum absolute atomic E-state index is 0.910. The molecule has 0 bridgehead atoms. The largest absolute Gasteiger partial charge is 0.497 e. The zero-order valence-corrected chi connectivity index (χ0v) is 7.87. The van der Waals surface area contributed by atoms with Gasteiger partial charge in [0.25, 0.3) is 0 Å². The Labute approximate surface area is 73.8 Å². The van der Waals surface area contributed by atoms with Gasteiger partial charge >= 0.3 is 0 Å². The third kappa shape index (κ3) is 1.91. The second-order valence-electron chi connectivity index (χ2n) is 2.72. The summed E-state index contributed by atoms with van der Waals surface area (Å²) in [6, 6.07) is 8.06. The monoisotopic (exact) mass is 165 g/mol. The Morgan fingerprint density at radius 1 is 1.42 bits per heavy atom. The average molecular weight is 165 g/mol. The molecule has 0 aliphatic heterocycles. The van der Waals surface area contributed by atoms with Crippen LogP contribution in [0.2, 0.25) is 0 Å². The highest BCUT2D eigenvalue weighted by Gasteiger charge is 1.98. The van der Waals surface area contributed by atoms with Gasteiger partial charge < -0.3 is 9.64 Å². The van der Waals surface area contributed by atoms with Gasteiger partial charge in [-0.15, -0.1) is 0 Å². The number of hydrogen-bond acceptors (Lipinski definition) is 2. The Morgan fingerprint density at radius 3 is 2.75 bits per heavy atom. The van der Waals surface area contributed by atoms with Crippen molar-refractivity contribution in [1.82, 2.24) is 0 Å². The van der Waals surface area contributed by atoms with Crippen LogP contribution in [0.15, 0.2) is 24.3 Å². The Hall–Kier alpha value is -1.18. The molecule has 2 heteroatoms. The number of rotatable bonds is 3. The SMILES string of the molecule is CCN(C)c1cccc(OC)c1. The van der Waals surface area contributed by atoms with Gasteiger partial charge in [-0.1, -0.05) is 6.07 Å². The molecule has 0 aromatic heterocycles. The van der Waals surface area contributed by atoms with E-state index in [1.54, 1.807) is 7.11 Å². The van der Waals surface area contributed by atoms with Gasteiger partial charge in [0.05, 0.1) is 7.11 Å². The van der Waals surface area contributed by atoms with Crippen LogP contribution in [0.5, 0.6) is 5.75 Å². The molecule has 0 amide bonds. The lowest BCUT2D eigenvalue weighted by Gasteiger charge is -2.16. The summed E-state index contributed by atoms with van der Waals surface area (Å²) in [6.45, 7) is 3.13. The first-order valence-electron chi connectivity index (χ1n) is 4.13. The molecule has 0 N–H and O–H groups in total. The van der Waals surface area contributed by atoms with Crippen LogP contribution in [0.3, 0.4) is 0 Å². The zero-order chi connectivity index (χ0) is 8.97. The summed E-state index contributed by atoms with van der Waals surface area (Å²) in [5.74, 6) is 0.910. The van der Waals surface area contributed by atoms with Crippen molar-refractivity contribution in [2.45, 2.75) is 6.92 Å². The molecule has 1 rings (SSSR count). The van der Waals surface area contributed by atoms with E-state index in [9.17, 15) is 0 Å². The molecule has 1 aromatic carbocycles. The molecule has 0 saturated carbocycles. The third-order valence-electron chi connectivity index (χ3n) is 1.97. The van der Waals surface area contributed by atoms with Crippen molar-refractivity contribution < 1.29 is 4.74 Å². The number of benzene rings is 1. The van der Waals surface area contributed by atoms with Crippen molar-refractivity contribution in [1.29, 1.82) is 0 Å². The van der Waals surface area contributed by atoms with Gasteiger partial charge in [0.2, 0.25) is 0 Å². The molecular formula is C10H15NO. The van der Waals surface area contributed by atoms with E-state index in [2.05, 4.69) is 24.9 Å². The lowest BCUT2D eigenvalue weighted by atomic mass is 10.3. The normalized spacial score (nSPS) is 9.58. The molecule has 2 nitrogen and oxygen atoms in total. The molecule has 0 aliphatic carbocycles. The number of nitrogens with zero attached hydrogens (tertiary/aromatic N) is 1. The van der Waals surface area contributed by atoms with Gasteiger partial charge in [0.15, 0.2) is 0 Å². The molecule has 0 saturated heterocycles. The van der Waals surface area contributed by atoms with E-state index in [1.165, 1.54) is 5.69 Å². The summed E-state index contributed by atoms with van der Waals surface area (Å²) < 4.78 is 5.12. The topological polar surface area (TPSA) is 12.5 Å². The fourth-order valence-electron chi connectivity index (χ4n) is 1.03. The number of hydrogen-bond donors (Lipinski definition) is 0. The number of ether oxygens (including phenoxy) is 1. The number of anilines is 1. The van der Waals surface area contributed by atoms with E-state index >= 15 is 0 Å². The van der Waals surface area contributed by atoms with Gasteiger partial charge in [0.1, 0.15) is 5.75 Å². The van der Waals surface area contributed by atoms with Crippen LogP contribution in [0, 0.1) is 0 Å². The highest BCUT2D eigenvalue weighted by Crippen LogP contribution is 2.19. The average Bonchev–Trinajstić information content (AvgIpc) is 2.17. The van der Waals surface area contributed by atoms with Gasteiger partial charge in [-0.2, -0.15) is 0 Å². The predicted molar refractivity (Wildman–Crippen MR) is 51.9 cm³/mol. The first-order chi connectivity index (χ1) is 5.77. The fourth-order valence-corrected chi connectivity index (χ4v) is 1.03. The second-order valence-corrected chi connectivity index (χ2v) is 2.72. The van der Waals surface area contributed by atoms with Crippen LogP contribution < -0.4 is 9.64 Å². The Morgan fingerprint density at radius 2 is 2.17 bits per heavy atom. The maximum absolute atomic E-state index is 5.12. The highest BCUT2D eigenvalue weighted by atomic mass is 16.5. The van der Waals surface area contributed by atoms with Crippen LogP contribution in [-0.2, 0) is 0 Å². The fraction of sp³-hybridized carbons (Fsp3) is 0.400. The smallest absolute Gasteiger partial charge is 0.120 e. The number of methoxy groups -OCH3 is 1.